The largest absolute Gasteiger partial charge is 0.477 e. The lowest BCUT2D eigenvalue weighted by Crippen LogP contribution is -2.21. The second-order valence-corrected chi connectivity index (χ2v) is 4.56. The van der Waals surface area contributed by atoms with Crippen LogP contribution in [0, 0.1) is 11.8 Å². The van der Waals surface area contributed by atoms with Crippen molar-refractivity contribution in [3.8, 4) is 0 Å². The monoisotopic (exact) mass is 220 g/mol. The van der Waals surface area contributed by atoms with Crippen LogP contribution in [0.4, 0.5) is 5.69 Å². The molecule has 1 aliphatic rings. The zero-order chi connectivity index (χ0) is 11.7. The SMILES string of the molecule is CC1CC1CN(C)c1ccnc(C(=O)O)c1. The van der Waals surface area contributed by atoms with Crippen LogP contribution in [0.2, 0.25) is 0 Å². The summed E-state index contributed by atoms with van der Waals surface area (Å²) in [5.41, 5.74) is 1.03. The fourth-order valence-electron chi connectivity index (χ4n) is 1.88. The molecular weight excluding hydrogens is 204 g/mol. The van der Waals surface area contributed by atoms with Crippen LogP contribution in [-0.2, 0) is 0 Å². The molecule has 0 bridgehead atoms. The van der Waals surface area contributed by atoms with Gasteiger partial charge in [0.05, 0.1) is 0 Å². The molecular formula is C12H16N2O2. The molecule has 2 atom stereocenters. The van der Waals surface area contributed by atoms with Crippen molar-refractivity contribution in [2.75, 3.05) is 18.5 Å². The van der Waals surface area contributed by atoms with Crippen molar-refractivity contribution < 1.29 is 9.90 Å². The Balaban J connectivity index is 2.07. The molecule has 1 heterocycles. The molecule has 1 aromatic heterocycles. The van der Waals surface area contributed by atoms with E-state index in [1.54, 1.807) is 12.3 Å². The van der Waals surface area contributed by atoms with E-state index in [1.807, 2.05) is 13.1 Å². The van der Waals surface area contributed by atoms with Crippen LogP contribution in [0.3, 0.4) is 0 Å². The summed E-state index contributed by atoms with van der Waals surface area (Å²) >= 11 is 0. The van der Waals surface area contributed by atoms with Gasteiger partial charge in [0.15, 0.2) is 0 Å². The molecule has 0 aromatic carbocycles. The lowest BCUT2D eigenvalue weighted by Gasteiger charge is -2.19. The summed E-state index contributed by atoms with van der Waals surface area (Å²) in [7, 11) is 1.99. The molecule has 16 heavy (non-hydrogen) atoms. The smallest absolute Gasteiger partial charge is 0.354 e. The number of hydrogen-bond donors (Lipinski definition) is 1. The topological polar surface area (TPSA) is 53.4 Å². The maximum Gasteiger partial charge on any atom is 0.354 e. The second-order valence-electron chi connectivity index (χ2n) is 4.56. The number of aromatic nitrogens is 1. The van der Waals surface area contributed by atoms with Gasteiger partial charge in [0.2, 0.25) is 0 Å². The van der Waals surface area contributed by atoms with Crippen molar-refractivity contribution in [1.82, 2.24) is 4.98 Å². The van der Waals surface area contributed by atoms with Crippen LogP contribution >= 0.6 is 0 Å². The van der Waals surface area contributed by atoms with Crippen LogP contribution in [-0.4, -0.2) is 29.7 Å². The van der Waals surface area contributed by atoms with E-state index in [0.717, 1.165) is 24.1 Å². The Morgan fingerprint density at radius 3 is 2.94 bits per heavy atom. The van der Waals surface area contributed by atoms with Gasteiger partial charge in [-0.2, -0.15) is 0 Å². The third-order valence-corrected chi connectivity index (χ3v) is 3.19. The lowest BCUT2D eigenvalue weighted by molar-refractivity contribution is 0.0690. The molecule has 1 aromatic rings. The molecule has 0 aliphatic heterocycles. The molecule has 1 N–H and O–H groups in total. The van der Waals surface area contributed by atoms with Gasteiger partial charge in [0.1, 0.15) is 5.69 Å². The number of aromatic carboxylic acids is 1. The molecule has 1 aliphatic carbocycles. The summed E-state index contributed by atoms with van der Waals surface area (Å²) in [5, 5.41) is 8.85. The molecule has 0 radical (unpaired) electrons. The summed E-state index contributed by atoms with van der Waals surface area (Å²) in [6, 6.07) is 3.47. The van der Waals surface area contributed by atoms with Gasteiger partial charge in [0.25, 0.3) is 0 Å². The molecule has 4 heteroatoms. The molecule has 0 spiro atoms. The van der Waals surface area contributed by atoms with Gasteiger partial charge < -0.3 is 10.0 Å². The van der Waals surface area contributed by atoms with Gasteiger partial charge in [-0.15, -0.1) is 0 Å². The Labute approximate surface area is 94.9 Å². The third-order valence-electron chi connectivity index (χ3n) is 3.19. The van der Waals surface area contributed by atoms with E-state index in [-0.39, 0.29) is 5.69 Å². The number of nitrogens with zero attached hydrogens (tertiary/aromatic N) is 2. The van der Waals surface area contributed by atoms with Crippen molar-refractivity contribution in [1.29, 1.82) is 0 Å². The minimum Gasteiger partial charge on any atom is -0.477 e. The van der Waals surface area contributed by atoms with E-state index in [1.165, 1.54) is 6.42 Å². The van der Waals surface area contributed by atoms with E-state index >= 15 is 0 Å². The van der Waals surface area contributed by atoms with Crippen molar-refractivity contribution in [3.63, 3.8) is 0 Å². The number of anilines is 1. The van der Waals surface area contributed by atoms with Crippen molar-refractivity contribution in [2.24, 2.45) is 11.8 Å². The number of hydrogen-bond acceptors (Lipinski definition) is 3. The molecule has 1 saturated carbocycles. The first-order valence-corrected chi connectivity index (χ1v) is 5.48. The van der Waals surface area contributed by atoms with E-state index in [0.29, 0.717) is 0 Å². The Bertz CT molecular complexity index is 406. The normalized spacial score (nSPS) is 22.9. The third kappa shape index (κ3) is 2.32. The van der Waals surface area contributed by atoms with Crippen molar-refractivity contribution in [2.45, 2.75) is 13.3 Å². The lowest BCUT2D eigenvalue weighted by atomic mass is 10.2. The zero-order valence-corrected chi connectivity index (χ0v) is 9.55. The summed E-state index contributed by atoms with van der Waals surface area (Å²) in [4.78, 5) is 16.7. The highest BCUT2D eigenvalue weighted by molar-refractivity contribution is 5.86. The van der Waals surface area contributed by atoms with Crippen LogP contribution in [0.25, 0.3) is 0 Å². The Hall–Kier alpha value is -1.58. The number of pyridine rings is 1. The maximum atomic E-state index is 10.8. The summed E-state index contributed by atoms with van der Waals surface area (Å²) in [6.45, 7) is 3.23. The van der Waals surface area contributed by atoms with E-state index in [9.17, 15) is 4.79 Å². The van der Waals surface area contributed by atoms with Gasteiger partial charge in [0, 0.05) is 25.5 Å². The number of rotatable bonds is 4. The van der Waals surface area contributed by atoms with Crippen LogP contribution in [0.5, 0.6) is 0 Å². The maximum absolute atomic E-state index is 10.8. The molecule has 1 fully saturated rings. The molecule has 0 amide bonds. The minimum atomic E-state index is -0.977. The van der Waals surface area contributed by atoms with E-state index in [2.05, 4.69) is 16.8 Å². The highest BCUT2D eigenvalue weighted by Gasteiger charge is 2.33. The Morgan fingerprint density at radius 1 is 1.69 bits per heavy atom. The van der Waals surface area contributed by atoms with E-state index < -0.39 is 5.97 Å². The van der Waals surface area contributed by atoms with Gasteiger partial charge in [-0.25, -0.2) is 9.78 Å². The van der Waals surface area contributed by atoms with Gasteiger partial charge in [-0.3, -0.25) is 0 Å². The first-order valence-electron chi connectivity index (χ1n) is 5.48. The molecule has 2 rings (SSSR count). The van der Waals surface area contributed by atoms with Crippen molar-refractivity contribution in [3.05, 3.63) is 24.0 Å². The number of carboxylic acids is 1. The fraction of sp³-hybridized carbons (Fsp3) is 0.500. The highest BCUT2D eigenvalue weighted by atomic mass is 16.4. The molecule has 4 nitrogen and oxygen atoms in total. The van der Waals surface area contributed by atoms with Crippen LogP contribution in [0.15, 0.2) is 18.3 Å². The first kappa shape index (κ1) is 10.9. The molecule has 86 valence electrons. The second kappa shape index (κ2) is 4.12. The number of carbonyl (C=O) groups is 1. The van der Waals surface area contributed by atoms with Gasteiger partial charge in [-0.05, 0) is 30.4 Å². The quantitative estimate of drug-likeness (QED) is 0.841. The zero-order valence-electron chi connectivity index (χ0n) is 9.55. The average Bonchev–Trinajstić information content (AvgIpc) is 2.94. The summed E-state index contributed by atoms with van der Waals surface area (Å²) in [5.74, 6) is 0.588. The standard InChI is InChI=1S/C12H16N2O2/c1-8-5-9(8)7-14(2)10-3-4-13-11(6-10)12(15)16/h3-4,6,8-9H,5,7H2,1-2H3,(H,15,16). The Morgan fingerprint density at radius 2 is 2.38 bits per heavy atom. The predicted molar refractivity (Wildman–Crippen MR) is 61.7 cm³/mol. The van der Waals surface area contributed by atoms with Crippen molar-refractivity contribution >= 4 is 11.7 Å². The fourth-order valence-corrected chi connectivity index (χ4v) is 1.88. The highest BCUT2D eigenvalue weighted by Crippen LogP contribution is 2.38. The summed E-state index contributed by atoms with van der Waals surface area (Å²) in [6.07, 6.45) is 2.83. The van der Waals surface area contributed by atoms with Gasteiger partial charge in [-0.1, -0.05) is 6.92 Å². The van der Waals surface area contributed by atoms with E-state index in [4.69, 9.17) is 5.11 Å². The van der Waals surface area contributed by atoms with Crippen LogP contribution in [0.1, 0.15) is 23.8 Å². The average molecular weight is 220 g/mol. The number of carboxylic acid groups (broad SMARTS) is 1. The Kier molecular flexibility index (Phi) is 2.81. The first-order chi connectivity index (χ1) is 7.58. The van der Waals surface area contributed by atoms with Crippen LogP contribution < -0.4 is 4.90 Å². The minimum absolute atomic E-state index is 0.105. The summed E-state index contributed by atoms with van der Waals surface area (Å²) < 4.78 is 0. The molecule has 2 unspecified atom stereocenters. The van der Waals surface area contributed by atoms with Gasteiger partial charge >= 0.3 is 5.97 Å². The predicted octanol–water partition coefficient (Wildman–Crippen LogP) is 1.87. The molecule has 0 saturated heterocycles.